The minimum absolute atomic E-state index is 0. The number of hydrogen-bond donors (Lipinski definition) is 1. The Labute approximate surface area is 145 Å². The zero-order valence-electron chi connectivity index (χ0n) is 14.0. The predicted octanol–water partition coefficient (Wildman–Crippen LogP) is 2.11. The maximum absolute atomic E-state index is 12.6. The number of piperidine rings is 1. The van der Waals surface area contributed by atoms with Crippen molar-refractivity contribution in [3.63, 3.8) is 0 Å². The van der Waals surface area contributed by atoms with Crippen LogP contribution in [-0.4, -0.2) is 55.4 Å². The SMILES string of the molecule is Cl.NC(C(=O)N1CCC(OC2CCCC2)CC1)C1CCOCC1. The molecule has 2 saturated heterocycles. The van der Waals surface area contributed by atoms with Crippen molar-refractivity contribution < 1.29 is 14.3 Å². The van der Waals surface area contributed by atoms with Gasteiger partial charge in [-0.25, -0.2) is 0 Å². The highest BCUT2D eigenvalue weighted by molar-refractivity contribution is 5.85. The summed E-state index contributed by atoms with van der Waals surface area (Å²) in [4.78, 5) is 14.5. The van der Waals surface area contributed by atoms with Crippen LogP contribution in [0.4, 0.5) is 0 Å². The number of amides is 1. The lowest BCUT2D eigenvalue weighted by molar-refractivity contribution is -0.138. The van der Waals surface area contributed by atoms with Crippen molar-refractivity contribution >= 4 is 18.3 Å². The number of likely N-dealkylation sites (tertiary alicyclic amines) is 1. The molecule has 1 unspecified atom stereocenters. The molecule has 5 nitrogen and oxygen atoms in total. The molecule has 2 aliphatic heterocycles. The van der Waals surface area contributed by atoms with E-state index in [2.05, 4.69) is 0 Å². The fraction of sp³-hybridized carbons (Fsp3) is 0.941. The van der Waals surface area contributed by atoms with Gasteiger partial charge >= 0.3 is 0 Å². The maximum Gasteiger partial charge on any atom is 0.239 e. The van der Waals surface area contributed by atoms with Crippen molar-refractivity contribution in [2.75, 3.05) is 26.3 Å². The molecular weight excluding hydrogens is 316 g/mol. The fourth-order valence-electron chi connectivity index (χ4n) is 4.00. The number of hydrogen-bond acceptors (Lipinski definition) is 4. The summed E-state index contributed by atoms with van der Waals surface area (Å²) in [5.41, 5.74) is 6.21. The van der Waals surface area contributed by atoms with Gasteiger partial charge < -0.3 is 20.1 Å². The van der Waals surface area contributed by atoms with E-state index in [0.717, 1.165) is 52.0 Å². The lowest BCUT2D eigenvalue weighted by atomic mass is 9.91. The molecule has 23 heavy (non-hydrogen) atoms. The number of ether oxygens (including phenoxy) is 2. The van der Waals surface area contributed by atoms with E-state index in [1.807, 2.05) is 4.90 Å². The molecule has 0 aromatic rings. The van der Waals surface area contributed by atoms with Gasteiger partial charge in [-0.1, -0.05) is 12.8 Å². The maximum atomic E-state index is 12.6. The summed E-state index contributed by atoms with van der Waals surface area (Å²) in [6.45, 7) is 3.08. The predicted molar refractivity (Wildman–Crippen MR) is 91.7 cm³/mol. The summed E-state index contributed by atoms with van der Waals surface area (Å²) in [6, 6.07) is -0.351. The highest BCUT2D eigenvalue weighted by Crippen LogP contribution is 2.26. The second kappa shape index (κ2) is 9.21. The van der Waals surface area contributed by atoms with Crippen LogP contribution in [0.3, 0.4) is 0 Å². The average Bonchev–Trinajstić information content (AvgIpc) is 3.08. The third-order valence-corrected chi connectivity index (χ3v) is 5.50. The Kier molecular flexibility index (Phi) is 7.60. The summed E-state index contributed by atoms with van der Waals surface area (Å²) in [5.74, 6) is 0.417. The van der Waals surface area contributed by atoms with Crippen molar-refractivity contribution in [2.24, 2.45) is 11.7 Å². The first-order chi connectivity index (χ1) is 10.7. The van der Waals surface area contributed by atoms with Gasteiger partial charge in [0.25, 0.3) is 0 Å². The average molecular weight is 347 g/mol. The second-order valence-electron chi connectivity index (χ2n) is 7.04. The van der Waals surface area contributed by atoms with Gasteiger partial charge in [0, 0.05) is 26.3 Å². The van der Waals surface area contributed by atoms with Gasteiger partial charge in [-0.2, -0.15) is 0 Å². The first kappa shape index (κ1) is 19.0. The van der Waals surface area contributed by atoms with Gasteiger partial charge in [0.1, 0.15) is 0 Å². The van der Waals surface area contributed by atoms with Crippen molar-refractivity contribution in [3.05, 3.63) is 0 Å². The molecule has 1 saturated carbocycles. The number of rotatable bonds is 4. The highest BCUT2D eigenvalue weighted by atomic mass is 35.5. The van der Waals surface area contributed by atoms with Crippen molar-refractivity contribution in [1.82, 2.24) is 4.90 Å². The van der Waals surface area contributed by atoms with Gasteiger partial charge in [-0.05, 0) is 44.4 Å². The summed E-state index contributed by atoms with van der Waals surface area (Å²) in [6.07, 6.45) is 9.60. The van der Waals surface area contributed by atoms with Crippen LogP contribution in [0.25, 0.3) is 0 Å². The third kappa shape index (κ3) is 5.05. The third-order valence-electron chi connectivity index (χ3n) is 5.50. The van der Waals surface area contributed by atoms with E-state index in [4.69, 9.17) is 15.2 Å². The Hall–Kier alpha value is -0.360. The fourth-order valence-corrected chi connectivity index (χ4v) is 4.00. The van der Waals surface area contributed by atoms with E-state index in [-0.39, 0.29) is 30.3 Å². The first-order valence-corrected chi connectivity index (χ1v) is 9.01. The zero-order valence-corrected chi connectivity index (χ0v) is 14.8. The minimum atomic E-state index is -0.351. The van der Waals surface area contributed by atoms with E-state index in [9.17, 15) is 4.79 Å². The molecule has 2 heterocycles. The summed E-state index contributed by atoms with van der Waals surface area (Å²) >= 11 is 0. The second-order valence-corrected chi connectivity index (χ2v) is 7.04. The largest absolute Gasteiger partial charge is 0.381 e. The van der Waals surface area contributed by atoms with Crippen LogP contribution in [0.15, 0.2) is 0 Å². The quantitative estimate of drug-likeness (QED) is 0.846. The first-order valence-electron chi connectivity index (χ1n) is 9.01. The Bertz CT molecular complexity index is 363. The van der Waals surface area contributed by atoms with Crippen LogP contribution < -0.4 is 5.73 Å². The number of carbonyl (C=O) groups excluding carboxylic acids is 1. The molecule has 0 radical (unpaired) electrons. The molecule has 1 atom stereocenters. The molecule has 0 aromatic carbocycles. The molecule has 134 valence electrons. The van der Waals surface area contributed by atoms with Crippen LogP contribution in [0.5, 0.6) is 0 Å². The van der Waals surface area contributed by atoms with Gasteiger partial charge in [-0.15, -0.1) is 12.4 Å². The highest BCUT2D eigenvalue weighted by Gasteiger charge is 2.32. The van der Waals surface area contributed by atoms with E-state index >= 15 is 0 Å². The molecule has 3 aliphatic rings. The molecule has 0 aromatic heterocycles. The molecule has 1 aliphatic carbocycles. The lowest BCUT2D eigenvalue weighted by Gasteiger charge is -2.36. The molecule has 6 heteroatoms. The van der Waals surface area contributed by atoms with Crippen LogP contribution in [-0.2, 0) is 14.3 Å². The van der Waals surface area contributed by atoms with Crippen molar-refractivity contribution in [3.8, 4) is 0 Å². The van der Waals surface area contributed by atoms with Crippen molar-refractivity contribution in [1.29, 1.82) is 0 Å². The summed E-state index contributed by atoms with van der Waals surface area (Å²) in [5, 5.41) is 0. The minimum Gasteiger partial charge on any atom is -0.381 e. The summed E-state index contributed by atoms with van der Waals surface area (Å²) < 4.78 is 11.5. The smallest absolute Gasteiger partial charge is 0.239 e. The molecule has 1 amide bonds. The van der Waals surface area contributed by atoms with Crippen LogP contribution in [0.2, 0.25) is 0 Å². The van der Waals surface area contributed by atoms with E-state index in [1.165, 1.54) is 25.7 Å². The molecule has 0 bridgehead atoms. The zero-order chi connectivity index (χ0) is 15.4. The van der Waals surface area contributed by atoms with E-state index < -0.39 is 0 Å². The van der Waals surface area contributed by atoms with Crippen LogP contribution >= 0.6 is 12.4 Å². The van der Waals surface area contributed by atoms with E-state index in [1.54, 1.807) is 0 Å². The number of halogens is 1. The lowest BCUT2D eigenvalue weighted by Crippen LogP contribution is -2.52. The number of nitrogens with two attached hydrogens (primary N) is 1. The van der Waals surface area contributed by atoms with Gasteiger partial charge in [0.15, 0.2) is 0 Å². The number of nitrogens with zero attached hydrogens (tertiary/aromatic N) is 1. The molecule has 2 N–H and O–H groups in total. The summed E-state index contributed by atoms with van der Waals surface area (Å²) in [7, 11) is 0. The Balaban J connectivity index is 0.00000192. The van der Waals surface area contributed by atoms with Crippen LogP contribution in [0.1, 0.15) is 51.4 Å². The van der Waals surface area contributed by atoms with Gasteiger partial charge in [0.2, 0.25) is 5.91 Å². The van der Waals surface area contributed by atoms with Gasteiger partial charge in [-0.3, -0.25) is 4.79 Å². The monoisotopic (exact) mass is 346 g/mol. The molecule has 3 rings (SSSR count). The number of carbonyl (C=O) groups is 1. The van der Waals surface area contributed by atoms with Crippen LogP contribution in [0, 0.1) is 5.92 Å². The standard InChI is InChI=1S/C17H30N2O3.ClH/c18-16(13-7-11-21-12-8-13)17(20)19-9-5-15(6-10-19)22-14-3-1-2-4-14;/h13-16H,1-12,18H2;1H. The Morgan fingerprint density at radius 2 is 1.57 bits per heavy atom. The van der Waals surface area contributed by atoms with Gasteiger partial charge in [0.05, 0.1) is 18.2 Å². The Morgan fingerprint density at radius 3 is 2.17 bits per heavy atom. The molecular formula is C17H31ClN2O3. The Morgan fingerprint density at radius 1 is 1.00 bits per heavy atom. The molecule has 0 spiro atoms. The normalized spacial score (nSPS) is 26.0. The topological polar surface area (TPSA) is 64.8 Å². The van der Waals surface area contributed by atoms with Crippen molar-refractivity contribution in [2.45, 2.75) is 69.6 Å². The molecule has 3 fully saturated rings. The van der Waals surface area contributed by atoms with E-state index in [0.29, 0.717) is 12.2 Å².